The van der Waals surface area contributed by atoms with Crippen molar-refractivity contribution < 1.29 is 19.1 Å². The Balaban J connectivity index is 1.94. The molecule has 1 atom stereocenters. The van der Waals surface area contributed by atoms with Gasteiger partial charge in [-0.2, -0.15) is 0 Å². The molecule has 0 aliphatic heterocycles. The first kappa shape index (κ1) is 24.3. The van der Waals surface area contributed by atoms with Crippen molar-refractivity contribution in [3.05, 3.63) is 28.3 Å². The van der Waals surface area contributed by atoms with E-state index in [0.29, 0.717) is 23.1 Å². The van der Waals surface area contributed by atoms with Gasteiger partial charge in [0.15, 0.2) is 0 Å². The number of hydrogen-bond acceptors (Lipinski definition) is 5. The number of carbonyl (C=O) groups excluding carboxylic acids is 2. The Morgan fingerprint density at radius 3 is 2.40 bits per heavy atom. The molecule has 0 aromatic heterocycles. The predicted molar refractivity (Wildman–Crippen MR) is 120 cm³/mol. The molecule has 7 heteroatoms. The smallest absolute Gasteiger partial charge is 0.407 e. The van der Waals surface area contributed by atoms with E-state index in [2.05, 4.69) is 17.6 Å². The number of benzene rings is 1. The van der Waals surface area contributed by atoms with Gasteiger partial charge in [0.25, 0.3) is 0 Å². The molecule has 0 heterocycles. The lowest BCUT2D eigenvalue weighted by molar-refractivity contribution is 0.0483. The summed E-state index contributed by atoms with van der Waals surface area (Å²) < 4.78 is 10.5. The number of esters is 1. The summed E-state index contributed by atoms with van der Waals surface area (Å²) in [6.07, 6.45) is 3.48. The van der Waals surface area contributed by atoms with Gasteiger partial charge < -0.3 is 20.1 Å². The highest BCUT2D eigenvalue weighted by atomic mass is 35.5. The minimum Gasteiger partial charge on any atom is -0.462 e. The summed E-state index contributed by atoms with van der Waals surface area (Å²) in [5.41, 5.74) is 1.69. The molecular formula is C23H35ClN2O4. The van der Waals surface area contributed by atoms with Crippen molar-refractivity contribution in [3.63, 3.8) is 0 Å². The van der Waals surface area contributed by atoms with Crippen LogP contribution in [0.1, 0.15) is 76.2 Å². The molecule has 0 spiro atoms. The number of anilines is 1. The van der Waals surface area contributed by atoms with E-state index in [9.17, 15) is 9.59 Å². The van der Waals surface area contributed by atoms with Crippen molar-refractivity contribution in [3.8, 4) is 0 Å². The third kappa shape index (κ3) is 7.08. The maximum Gasteiger partial charge on any atom is 0.407 e. The first-order valence-corrected chi connectivity index (χ1v) is 11.1. The third-order valence-electron chi connectivity index (χ3n) is 5.45. The first-order valence-electron chi connectivity index (χ1n) is 10.7. The van der Waals surface area contributed by atoms with Crippen LogP contribution in [0.15, 0.2) is 12.1 Å². The summed E-state index contributed by atoms with van der Waals surface area (Å²) in [5, 5.41) is 7.03. The zero-order valence-electron chi connectivity index (χ0n) is 18.9. The van der Waals surface area contributed by atoms with Crippen LogP contribution < -0.4 is 10.6 Å². The van der Waals surface area contributed by atoms with Crippen LogP contribution in [-0.4, -0.2) is 36.4 Å². The van der Waals surface area contributed by atoms with E-state index >= 15 is 0 Å². The Hall–Kier alpha value is -1.95. The summed E-state index contributed by atoms with van der Waals surface area (Å²) >= 11 is 6.25. The lowest BCUT2D eigenvalue weighted by atomic mass is 9.82. The SMILES string of the molecule is CCOC(=O)c1cc(Cl)cc(NC(C)C2CCC(NC(=O)OC(C)(C)C)CC2)c1C. The number of carbonyl (C=O) groups is 2. The van der Waals surface area contributed by atoms with Crippen molar-refractivity contribution in [2.45, 2.75) is 84.9 Å². The average Bonchev–Trinajstić information content (AvgIpc) is 2.63. The van der Waals surface area contributed by atoms with E-state index in [4.69, 9.17) is 21.1 Å². The quantitative estimate of drug-likeness (QED) is 0.556. The molecule has 0 radical (unpaired) electrons. The van der Waals surface area contributed by atoms with E-state index in [0.717, 1.165) is 36.9 Å². The van der Waals surface area contributed by atoms with E-state index in [-0.39, 0.29) is 24.1 Å². The average molecular weight is 439 g/mol. The number of amides is 1. The molecule has 168 valence electrons. The molecule has 1 saturated carbocycles. The molecular weight excluding hydrogens is 404 g/mol. The van der Waals surface area contributed by atoms with Gasteiger partial charge in [0.2, 0.25) is 0 Å². The highest BCUT2D eigenvalue weighted by Crippen LogP contribution is 2.31. The minimum atomic E-state index is -0.489. The Morgan fingerprint density at radius 2 is 1.83 bits per heavy atom. The van der Waals surface area contributed by atoms with E-state index in [1.807, 2.05) is 33.8 Å². The zero-order valence-corrected chi connectivity index (χ0v) is 19.7. The van der Waals surface area contributed by atoms with Crippen LogP contribution >= 0.6 is 11.6 Å². The van der Waals surface area contributed by atoms with Crippen molar-refractivity contribution in [1.29, 1.82) is 0 Å². The van der Waals surface area contributed by atoms with Gasteiger partial charge >= 0.3 is 12.1 Å². The van der Waals surface area contributed by atoms with Crippen molar-refractivity contribution in [2.75, 3.05) is 11.9 Å². The van der Waals surface area contributed by atoms with Gasteiger partial charge in [-0.1, -0.05) is 11.6 Å². The predicted octanol–water partition coefficient (Wildman–Crippen LogP) is 5.71. The summed E-state index contributed by atoms with van der Waals surface area (Å²) in [5.74, 6) is 0.105. The van der Waals surface area contributed by atoms with Gasteiger partial charge in [0.1, 0.15) is 5.60 Å². The monoisotopic (exact) mass is 438 g/mol. The molecule has 1 aliphatic carbocycles. The molecule has 30 heavy (non-hydrogen) atoms. The summed E-state index contributed by atoms with van der Waals surface area (Å²) in [4.78, 5) is 24.2. The Morgan fingerprint density at radius 1 is 1.20 bits per heavy atom. The van der Waals surface area contributed by atoms with Crippen molar-refractivity contribution >= 4 is 29.4 Å². The summed E-state index contributed by atoms with van der Waals surface area (Å²) in [6, 6.07) is 3.86. The molecule has 2 N–H and O–H groups in total. The van der Waals surface area contributed by atoms with E-state index < -0.39 is 5.60 Å². The molecule has 1 unspecified atom stereocenters. The lowest BCUT2D eigenvalue weighted by Crippen LogP contribution is -2.42. The second-order valence-corrected chi connectivity index (χ2v) is 9.47. The Kier molecular flexibility index (Phi) is 8.42. The second-order valence-electron chi connectivity index (χ2n) is 9.04. The van der Waals surface area contributed by atoms with Gasteiger partial charge in [-0.3, -0.25) is 0 Å². The molecule has 1 aromatic rings. The fourth-order valence-corrected chi connectivity index (χ4v) is 4.07. The Bertz CT molecular complexity index is 752. The maximum atomic E-state index is 12.2. The fourth-order valence-electron chi connectivity index (χ4n) is 3.85. The third-order valence-corrected chi connectivity index (χ3v) is 5.67. The summed E-state index contributed by atoms with van der Waals surface area (Å²) in [7, 11) is 0. The van der Waals surface area contributed by atoms with Crippen LogP contribution in [0, 0.1) is 12.8 Å². The number of hydrogen-bond donors (Lipinski definition) is 2. The molecule has 2 rings (SSSR count). The number of alkyl carbamates (subject to hydrolysis) is 1. The number of ether oxygens (including phenoxy) is 2. The Labute approximate surface area is 185 Å². The van der Waals surface area contributed by atoms with Crippen molar-refractivity contribution in [1.82, 2.24) is 5.32 Å². The van der Waals surface area contributed by atoms with E-state index in [1.54, 1.807) is 13.0 Å². The van der Waals surface area contributed by atoms with Gasteiger partial charge in [-0.15, -0.1) is 0 Å². The van der Waals surface area contributed by atoms with Gasteiger partial charge in [-0.25, -0.2) is 9.59 Å². The van der Waals surface area contributed by atoms with Crippen LogP contribution in [0.2, 0.25) is 5.02 Å². The highest BCUT2D eigenvalue weighted by Gasteiger charge is 2.28. The highest BCUT2D eigenvalue weighted by molar-refractivity contribution is 6.31. The van der Waals surface area contributed by atoms with Crippen LogP contribution in [0.25, 0.3) is 0 Å². The van der Waals surface area contributed by atoms with Crippen molar-refractivity contribution in [2.24, 2.45) is 5.92 Å². The molecule has 1 amide bonds. The number of halogens is 1. The van der Waals surface area contributed by atoms with Gasteiger partial charge in [0.05, 0.1) is 12.2 Å². The zero-order chi connectivity index (χ0) is 22.5. The van der Waals surface area contributed by atoms with E-state index in [1.165, 1.54) is 0 Å². The first-order chi connectivity index (χ1) is 14.0. The molecule has 0 saturated heterocycles. The van der Waals surface area contributed by atoms with Crippen LogP contribution in [-0.2, 0) is 9.47 Å². The van der Waals surface area contributed by atoms with Crippen LogP contribution in [0.4, 0.5) is 10.5 Å². The maximum absolute atomic E-state index is 12.2. The van der Waals surface area contributed by atoms with Gasteiger partial charge in [-0.05, 0) is 90.8 Å². The van der Waals surface area contributed by atoms with Crippen LogP contribution in [0.3, 0.4) is 0 Å². The molecule has 1 fully saturated rings. The molecule has 1 aromatic carbocycles. The fraction of sp³-hybridized carbons (Fsp3) is 0.652. The lowest BCUT2D eigenvalue weighted by Gasteiger charge is -2.34. The second kappa shape index (κ2) is 10.4. The number of rotatable bonds is 6. The minimum absolute atomic E-state index is 0.145. The van der Waals surface area contributed by atoms with Gasteiger partial charge in [0, 0.05) is 22.8 Å². The standard InChI is InChI=1S/C23H35ClN2O4/c1-7-29-21(27)19-12-17(24)13-20(14(19)2)25-15(3)16-8-10-18(11-9-16)26-22(28)30-23(4,5)6/h12-13,15-16,18,25H,7-11H2,1-6H3,(H,26,28). The summed E-state index contributed by atoms with van der Waals surface area (Å²) in [6.45, 7) is 11.7. The largest absolute Gasteiger partial charge is 0.462 e. The molecule has 6 nitrogen and oxygen atoms in total. The molecule has 0 bridgehead atoms. The number of nitrogens with one attached hydrogen (secondary N) is 2. The molecule has 1 aliphatic rings. The normalized spacial score (nSPS) is 20.2. The van der Waals surface area contributed by atoms with Crippen LogP contribution in [0.5, 0.6) is 0 Å². The topological polar surface area (TPSA) is 76.7 Å².